The molecule has 1 unspecified atom stereocenters. The molecule has 22 heavy (non-hydrogen) atoms. The van der Waals surface area contributed by atoms with Crippen molar-refractivity contribution in [1.29, 1.82) is 0 Å². The number of para-hydroxylation sites is 1. The second kappa shape index (κ2) is 5.07. The van der Waals surface area contributed by atoms with Crippen molar-refractivity contribution in [3.05, 3.63) is 83.7 Å². The van der Waals surface area contributed by atoms with Gasteiger partial charge in [-0.3, -0.25) is 4.79 Å². The van der Waals surface area contributed by atoms with E-state index < -0.39 is 6.10 Å². The maximum Gasteiger partial charge on any atom is 0.197 e. The number of carbonyl (C=O) groups is 1. The molecular formula is C18H12O4. The third-order valence-electron chi connectivity index (χ3n) is 3.56. The Labute approximate surface area is 126 Å². The maximum absolute atomic E-state index is 12.8. The van der Waals surface area contributed by atoms with Crippen LogP contribution in [0.2, 0.25) is 0 Å². The van der Waals surface area contributed by atoms with Gasteiger partial charge in [-0.2, -0.15) is 0 Å². The molecule has 1 aromatic carbocycles. The molecule has 1 aliphatic heterocycles. The number of fused-ring (bicyclic) bond motifs is 1. The van der Waals surface area contributed by atoms with Crippen molar-refractivity contribution >= 4 is 11.9 Å². The summed E-state index contributed by atoms with van der Waals surface area (Å²) in [5.41, 5.74) is 1.03. The van der Waals surface area contributed by atoms with Crippen LogP contribution in [0.5, 0.6) is 5.75 Å². The number of ether oxygens (including phenoxy) is 1. The van der Waals surface area contributed by atoms with E-state index in [1.165, 1.54) is 0 Å². The van der Waals surface area contributed by atoms with E-state index in [0.717, 1.165) is 0 Å². The molecule has 0 aliphatic carbocycles. The Kier molecular flexibility index (Phi) is 2.93. The van der Waals surface area contributed by atoms with Gasteiger partial charge in [-0.15, -0.1) is 0 Å². The molecule has 3 aromatic rings. The van der Waals surface area contributed by atoms with Crippen LogP contribution in [0.3, 0.4) is 0 Å². The van der Waals surface area contributed by atoms with Gasteiger partial charge in [0.15, 0.2) is 11.9 Å². The van der Waals surface area contributed by atoms with Gasteiger partial charge in [0.1, 0.15) is 17.3 Å². The molecule has 0 bridgehead atoms. The van der Waals surface area contributed by atoms with E-state index in [4.69, 9.17) is 13.6 Å². The van der Waals surface area contributed by atoms with E-state index in [-0.39, 0.29) is 5.78 Å². The second-order valence-corrected chi connectivity index (χ2v) is 4.95. The van der Waals surface area contributed by atoms with Gasteiger partial charge < -0.3 is 13.6 Å². The molecule has 0 radical (unpaired) electrons. The topological polar surface area (TPSA) is 52.6 Å². The fourth-order valence-electron chi connectivity index (χ4n) is 2.54. The zero-order chi connectivity index (χ0) is 14.9. The van der Waals surface area contributed by atoms with Crippen molar-refractivity contribution in [2.45, 2.75) is 6.10 Å². The first kappa shape index (κ1) is 12.7. The summed E-state index contributed by atoms with van der Waals surface area (Å²) in [4.78, 5) is 12.8. The smallest absolute Gasteiger partial charge is 0.197 e. The molecule has 1 aliphatic rings. The quantitative estimate of drug-likeness (QED) is 0.662. The summed E-state index contributed by atoms with van der Waals surface area (Å²) < 4.78 is 16.7. The van der Waals surface area contributed by atoms with Gasteiger partial charge in [0.2, 0.25) is 0 Å². The van der Waals surface area contributed by atoms with Crippen molar-refractivity contribution < 1.29 is 18.4 Å². The summed E-state index contributed by atoms with van der Waals surface area (Å²) in [6, 6.07) is 14.3. The first-order valence-corrected chi connectivity index (χ1v) is 6.92. The lowest BCUT2D eigenvalue weighted by atomic mass is 9.93. The molecule has 1 atom stereocenters. The van der Waals surface area contributed by atoms with Crippen molar-refractivity contribution in [2.24, 2.45) is 0 Å². The Morgan fingerprint density at radius 1 is 0.909 bits per heavy atom. The maximum atomic E-state index is 12.8. The van der Waals surface area contributed by atoms with Crippen LogP contribution in [0, 0.1) is 0 Å². The van der Waals surface area contributed by atoms with Gasteiger partial charge in [0.25, 0.3) is 0 Å². The Morgan fingerprint density at radius 2 is 1.73 bits per heavy atom. The highest BCUT2D eigenvalue weighted by Gasteiger charge is 2.34. The molecule has 0 saturated carbocycles. The van der Waals surface area contributed by atoms with Crippen LogP contribution in [-0.2, 0) is 0 Å². The van der Waals surface area contributed by atoms with E-state index in [2.05, 4.69) is 0 Å². The Morgan fingerprint density at radius 3 is 2.50 bits per heavy atom. The molecule has 4 heteroatoms. The number of rotatable bonds is 2. The Hall–Kier alpha value is -3.01. The van der Waals surface area contributed by atoms with Crippen molar-refractivity contribution in [3.8, 4) is 5.75 Å². The molecule has 3 heterocycles. The van der Waals surface area contributed by atoms with Crippen LogP contribution in [0.25, 0.3) is 6.08 Å². The highest BCUT2D eigenvalue weighted by Crippen LogP contribution is 2.39. The lowest BCUT2D eigenvalue weighted by Crippen LogP contribution is -2.23. The monoisotopic (exact) mass is 292 g/mol. The van der Waals surface area contributed by atoms with Crippen LogP contribution in [-0.4, -0.2) is 5.78 Å². The minimum atomic E-state index is -0.581. The number of hydrogen-bond donors (Lipinski definition) is 0. The SMILES string of the molecule is O=C1/C(=C/c2ccco2)C(c2ccco2)Oc2ccccc21. The zero-order valence-corrected chi connectivity index (χ0v) is 11.6. The van der Waals surface area contributed by atoms with E-state index >= 15 is 0 Å². The van der Waals surface area contributed by atoms with Gasteiger partial charge in [0.05, 0.1) is 23.7 Å². The van der Waals surface area contributed by atoms with E-state index in [1.807, 2.05) is 12.1 Å². The third-order valence-corrected chi connectivity index (χ3v) is 3.56. The number of benzene rings is 1. The molecule has 4 nitrogen and oxygen atoms in total. The Bertz CT molecular complexity index is 826. The summed E-state index contributed by atoms with van der Waals surface area (Å²) in [5, 5.41) is 0. The zero-order valence-electron chi connectivity index (χ0n) is 11.6. The van der Waals surface area contributed by atoms with Gasteiger partial charge in [-0.05, 0) is 42.5 Å². The normalized spacial score (nSPS) is 19.0. The second-order valence-electron chi connectivity index (χ2n) is 4.95. The van der Waals surface area contributed by atoms with Crippen LogP contribution in [0.15, 0.2) is 75.5 Å². The van der Waals surface area contributed by atoms with Gasteiger partial charge in [-0.25, -0.2) is 0 Å². The number of carbonyl (C=O) groups excluding carboxylic acids is 1. The van der Waals surface area contributed by atoms with Crippen molar-refractivity contribution in [3.63, 3.8) is 0 Å². The summed E-state index contributed by atoms with van der Waals surface area (Å²) in [6.07, 6.45) is 4.25. The van der Waals surface area contributed by atoms with Crippen LogP contribution >= 0.6 is 0 Å². The number of ketones is 1. The fourth-order valence-corrected chi connectivity index (χ4v) is 2.54. The molecule has 0 N–H and O–H groups in total. The van der Waals surface area contributed by atoms with Gasteiger partial charge in [0, 0.05) is 0 Å². The number of Topliss-reactive ketones (excluding diaryl/α,β-unsaturated/α-hetero) is 1. The average Bonchev–Trinajstić information content (AvgIpc) is 3.23. The van der Waals surface area contributed by atoms with E-state index in [1.54, 1.807) is 55.0 Å². The van der Waals surface area contributed by atoms with Crippen molar-refractivity contribution in [2.75, 3.05) is 0 Å². The average molecular weight is 292 g/mol. The molecule has 108 valence electrons. The van der Waals surface area contributed by atoms with E-state index in [9.17, 15) is 4.79 Å². The summed E-state index contributed by atoms with van der Waals surface area (Å²) in [5.74, 6) is 1.66. The molecule has 0 spiro atoms. The van der Waals surface area contributed by atoms with Gasteiger partial charge >= 0.3 is 0 Å². The summed E-state index contributed by atoms with van der Waals surface area (Å²) in [7, 11) is 0. The lowest BCUT2D eigenvalue weighted by molar-refractivity contribution is 0.0948. The minimum Gasteiger partial charge on any atom is -0.477 e. The van der Waals surface area contributed by atoms with Crippen molar-refractivity contribution in [1.82, 2.24) is 0 Å². The molecule has 4 rings (SSSR count). The van der Waals surface area contributed by atoms with E-state index in [0.29, 0.717) is 28.4 Å². The fraction of sp³-hybridized carbons (Fsp3) is 0.0556. The van der Waals surface area contributed by atoms with Crippen LogP contribution in [0.4, 0.5) is 0 Å². The highest BCUT2D eigenvalue weighted by atomic mass is 16.5. The predicted octanol–water partition coefficient (Wildman–Crippen LogP) is 4.27. The first-order chi connectivity index (χ1) is 10.8. The predicted molar refractivity (Wildman–Crippen MR) is 79.5 cm³/mol. The molecule has 2 aromatic heterocycles. The van der Waals surface area contributed by atoms with Crippen LogP contribution < -0.4 is 4.74 Å². The number of hydrogen-bond acceptors (Lipinski definition) is 4. The summed E-state index contributed by atoms with van der Waals surface area (Å²) in [6.45, 7) is 0. The largest absolute Gasteiger partial charge is 0.477 e. The number of furan rings is 2. The Balaban J connectivity index is 1.87. The molecular weight excluding hydrogens is 280 g/mol. The molecule has 0 amide bonds. The standard InChI is InChI=1S/C18H12O4/c19-17-13-6-1-2-7-15(13)22-18(16-8-4-10-21-16)14(17)11-12-5-3-9-20-12/h1-11,18H/b14-11-. The van der Waals surface area contributed by atoms with Gasteiger partial charge in [-0.1, -0.05) is 12.1 Å². The molecule has 0 fully saturated rings. The minimum absolute atomic E-state index is 0.0837. The lowest BCUT2D eigenvalue weighted by Gasteiger charge is -2.26. The third kappa shape index (κ3) is 2.05. The molecule has 0 saturated heterocycles. The van der Waals surface area contributed by atoms with Crippen LogP contribution in [0.1, 0.15) is 28.0 Å². The first-order valence-electron chi connectivity index (χ1n) is 6.92. The highest BCUT2D eigenvalue weighted by molar-refractivity contribution is 6.14. The summed E-state index contributed by atoms with van der Waals surface area (Å²) >= 11 is 0.